The molecule has 5 aromatic rings. The Labute approximate surface area is 246 Å². The van der Waals surface area contributed by atoms with E-state index in [4.69, 9.17) is 4.74 Å². The van der Waals surface area contributed by atoms with Gasteiger partial charge in [-0.25, -0.2) is 0 Å². The van der Waals surface area contributed by atoms with Crippen LogP contribution in [0.15, 0.2) is 127 Å². The predicted octanol–water partition coefficient (Wildman–Crippen LogP) is 8.78. The monoisotopic (exact) mass is 581 g/mol. The number of halogens is 3. The second-order valence-corrected chi connectivity index (χ2v) is 9.81. The van der Waals surface area contributed by atoms with Gasteiger partial charge in [-0.2, -0.15) is 13.2 Å². The van der Waals surface area contributed by atoms with Crippen molar-refractivity contribution in [1.82, 2.24) is 5.32 Å². The molecule has 2 N–H and O–H groups in total. The molecule has 0 aromatic heterocycles. The maximum atomic E-state index is 13.1. The summed E-state index contributed by atoms with van der Waals surface area (Å²) in [7, 11) is 0. The first-order valence-electron chi connectivity index (χ1n) is 13.4. The van der Waals surface area contributed by atoms with Crippen molar-refractivity contribution in [2.75, 3.05) is 0 Å². The van der Waals surface area contributed by atoms with Crippen molar-refractivity contribution in [2.24, 2.45) is 0 Å². The van der Waals surface area contributed by atoms with Crippen molar-refractivity contribution in [1.29, 1.82) is 0 Å². The minimum absolute atomic E-state index is 0.287. The topological polar surface area (TPSA) is 75.6 Å². The molecule has 0 saturated heterocycles. The Morgan fingerprint density at radius 1 is 0.698 bits per heavy atom. The summed E-state index contributed by atoms with van der Waals surface area (Å²) in [5, 5.41) is 12.3. The number of nitrogens with one attached hydrogen (secondary N) is 1. The van der Waals surface area contributed by atoms with Crippen molar-refractivity contribution in [2.45, 2.75) is 18.6 Å². The molecule has 1 unspecified atom stereocenters. The van der Waals surface area contributed by atoms with Crippen LogP contribution < -0.4 is 10.1 Å². The van der Waals surface area contributed by atoms with E-state index in [1.807, 2.05) is 66.7 Å². The Morgan fingerprint density at radius 2 is 1.26 bits per heavy atom. The van der Waals surface area contributed by atoms with Crippen LogP contribution in [0.2, 0.25) is 0 Å². The zero-order valence-electron chi connectivity index (χ0n) is 22.7. The lowest BCUT2D eigenvalue weighted by Gasteiger charge is -2.19. The molecule has 0 heterocycles. The van der Waals surface area contributed by atoms with Gasteiger partial charge in [-0.05, 0) is 64.7 Å². The maximum Gasteiger partial charge on any atom is 0.416 e. The van der Waals surface area contributed by atoms with Gasteiger partial charge in [0, 0.05) is 11.1 Å². The largest absolute Gasteiger partial charge is 0.481 e. The number of ether oxygens (including phenoxy) is 1. The van der Waals surface area contributed by atoms with Gasteiger partial charge in [-0.1, -0.05) is 84.9 Å². The molecule has 5 nitrogen and oxygen atoms in total. The summed E-state index contributed by atoms with van der Waals surface area (Å²) in [6.07, 6.45) is -4.75. The molecule has 0 aliphatic heterocycles. The van der Waals surface area contributed by atoms with Crippen LogP contribution in [0.3, 0.4) is 0 Å². The molecule has 8 heteroatoms. The standard InChI is InChI=1S/C35H26F3NO4/c36-35(37,38)28-20-18-24(19-21-28)23-10-16-27(17-11-23)34(42)39-31(22-33(40)41)26-14-12-25(13-15-26)30-8-4-5-9-32(30)43-29-6-2-1-3-7-29/h1-21,31H,22H2,(H,39,42)(H,40,41). The number of amides is 1. The Hall–Kier alpha value is -5.37. The number of rotatable bonds is 9. The van der Waals surface area contributed by atoms with E-state index in [0.29, 0.717) is 28.2 Å². The Kier molecular flexibility index (Phi) is 8.57. The number of alkyl halides is 3. The van der Waals surface area contributed by atoms with Crippen molar-refractivity contribution < 1.29 is 32.6 Å². The summed E-state index contributed by atoms with van der Waals surface area (Å²) < 4.78 is 44.7. The highest BCUT2D eigenvalue weighted by molar-refractivity contribution is 5.95. The summed E-state index contributed by atoms with van der Waals surface area (Å²) in [6, 6.07) is 34.5. The Bertz CT molecular complexity index is 1700. The number of carbonyl (C=O) groups is 2. The van der Waals surface area contributed by atoms with E-state index in [9.17, 15) is 27.9 Å². The average molecular weight is 582 g/mol. The normalized spacial score (nSPS) is 11.9. The second kappa shape index (κ2) is 12.7. The summed E-state index contributed by atoms with van der Waals surface area (Å²) >= 11 is 0. The van der Waals surface area contributed by atoms with Crippen molar-refractivity contribution in [3.63, 3.8) is 0 Å². The van der Waals surface area contributed by atoms with E-state index in [1.165, 1.54) is 12.1 Å². The maximum absolute atomic E-state index is 13.1. The second-order valence-electron chi connectivity index (χ2n) is 9.81. The predicted molar refractivity (Wildman–Crippen MR) is 158 cm³/mol. The lowest BCUT2D eigenvalue weighted by molar-refractivity contribution is -0.138. The number of carboxylic acid groups (broad SMARTS) is 1. The fourth-order valence-corrected chi connectivity index (χ4v) is 4.64. The molecule has 0 spiro atoms. The first kappa shape index (κ1) is 29.1. The number of para-hydroxylation sites is 2. The minimum atomic E-state index is -4.42. The third-order valence-electron chi connectivity index (χ3n) is 6.86. The van der Waals surface area contributed by atoms with Gasteiger partial charge in [-0.3, -0.25) is 9.59 Å². The summed E-state index contributed by atoms with van der Waals surface area (Å²) in [6.45, 7) is 0. The minimum Gasteiger partial charge on any atom is -0.481 e. The van der Waals surface area contributed by atoms with Crippen LogP contribution in [0.4, 0.5) is 13.2 Å². The average Bonchev–Trinajstić information content (AvgIpc) is 3.01. The molecular formula is C35H26F3NO4. The van der Waals surface area contributed by atoms with E-state index in [2.05, 4.69) is 5.32 Å². The SMILES string of the molecule is O=C(O)CC(NC(=O)c1ccc(-c2ccc(C(F)(F)F)cc2)cc1)c1ccc(-c2ccccc2Oc2ccccc2)cc1. The Balaban J connectivity index is 1.31. The van der Waals surface area contributed by atoms with Crippen LogP contribution in [0, 0.1) is 0 Å². The zero-order valence-corrected chi connectivity index (χ0v) is 22.7. The van der Waals surface area contributed by atoms with Crippen LogP contribution in [0.1, 0.15) is 33.9 Å². The molecular weight excluding hydrogens is 555 g/mol. The van der Waals surface area contributed by atoms with Gasteiger partial charge in [0.25, 0.3) is 5.91 Å². The summed E-state index contributed by atoms with van der Waals surface area (Å²) in [5.41, 5.74) is 3.07. The third kappa shape index (κ3) is 7.29. The highest BCUT2D eigenvalue weighted by atomic mass is 19.4. The van der Waals surface area contributed by atoms with Gasteiger partial charge in [0.15, 0.2) is 0 Å². The number of aliphatic carboxylic acids is 1. The van der Waals surface area contributed by atoms with Crippen molar-refractivity contribution >= 4 is 11.9 Å². The zero-order chi connectivity index (χ0) is 30.4. The molecule has 5 rings (SSSR count). The van der Waals surface area contributed by atoms with Crippen LogP contribution in [-0.2, 0) is 11.0 Å². The highest BCUT2D eigenvalue weighted by Crippen LogP contribution is 2.34. The lowest BCUT2D eigenvalue weighted by atomic mass is 9.98. The first-order chi connectivity index (χ1) is 20.7. The molecule has 43 heavy (non-hydrogen) atoms. The summed E-state index contributed by atoms with van der Waals surface area (Å²) in [5.74, 6) is -0.190. The van der Waals surface area contributed by atoms with E-state index >= 15 is 0 Å². The van der Waals surface area contributed by atoms with Crippen molar-refractivity contribution in [3.05, 3.63) is 144 Å². The number of carbonyl (C=O) groups excluding carboxylic acids is 1. The molecule has 0 aliphatic carbocycles. The van der Waals surface area contributed by atoms with Crippen molar-refractivity contribution in [3.8, 4) is 33.8 Å². The van der Waals surface area contributed by atoms with E-state index in [0.717, 1.165) is 23.3 Å². The van der Waals surface area contributed by atoms with E-state index in [1.54, 1.807) is 36.4 Å². The number of benzene rings is 5. The van der Waals surface area contributed by atoms with E-state index in [-0.39, 0.29) is 12.0 Å². The summed E-state index contributed by atoms with van der Waals surface area (Å²) in [4.78, 5) is 24.7. The van der Waals surface area contributed by atoms with Crippen LogP contribution >= 0.6 is 0 Å². The van der Waals surface area contributed by atoms with Gasteiger partial charge in [0.1, 0.15) is 11.5 Å². The molecule has 0 saturated carbocycles. The fourth-order valence-electron chi connectivity index (χ4n) is 4.64. The van der Waals surface area contributed by atoms with E-state index < -0.39 is 29.7 Å². The molecule has 1 atom stereocenters. The fraction of sp³-hybridized carbons (Fsp3) is 0.0857. The molecule has 5 aromatic carbocycles. The molecule has 216 valence electrons. The van der Waals surface area contributed by atoms with Gasteiger partial charge >= 0.3 is 12.1 Å². The smallest absolute Gasteiger partial charge is 0.416 e. The molecule has 0 radical (unpaired) electrons. The lowest BCUT2D eigenvalue weighted by Crippen LogP contribution is -2.30. The quantitative estimate of drug-likeness (QED) is 0.182. The first-order valence-corrected chi connectivity index (χ1v) is 13.4. The number of hydrogen-bond acceptors (Lipinski definition) is 3. The van der Waals surface area contributed by atoms with Crippen LogP contribution in [-0.4, -0.2) is 17.0 Å². The molecule has 0 aliphatic rings. The highest BCUT2D eigenvalue weighted by Gasteiger charge is 2.30. The van der Waals surface area contributed by atoms with Crippen LogP contribution in [0.25, 0.3) is 22.3 Å². The van der Waals surface area contributed by atoms with Gasteiger partial charge in [-0.15, -0.1) is 0 Å². The van der Waals surface area contributed by atoms with Gasteiger partial charge in [0.05, 0.1) is 18.0 Å². The number of hydrogen-bond donors (Lipinski definition) is 2. The molecule has 1 amide bonds. The molecule has 0 fully saturated rings. The van der Waals surface area contributed by atoms with Crippen LogP contribution in [0.5, 0.6) is 11.5 Å². The van der Waals surface area contributed by atoms with Gasteiger partial charge in [0.2, 0.25) is 0 Å². The molecule has 0 bridgehead atoms. The Morgan fingerprint density at radius 3 is 1.86 bits per heavy atom. The van der Waals surface area contributed by atoms with Gasteiger partial charge < -0.3 is 15.2 Å². The number of carboxylic acids is 1. The third-order valence-corrected chi connectivity index (χ3v) is 6.86.